The quantitative estimate of drug-likeness (QED) is 0.835. The predicted molar refractivity (Wildman–Crippen MR) is 69.8 cm³/mol. The number of piperidine rings is 1. The summed E-state index contributed by atoms with van der Waals surface area (Å²) in [6.45, 7) is 6.95. The number of hydrogen-bond donors (Lipinski definition) is 1. The molecule has 1 amide bonds. The highest BCUT2D eigenvalue weighted by Crippen LogP contribution is 2.48. The molecule has 1 heterocycles. The molecule has 2 rings (SSSR count). The number of nitrogens with zero attached hydrogens (tertiary/aromatic N) is 1. The molecule has 1 aliphatic heterocycles. The molecule has 2 unspecified atom stereocenters. The second-order valence-electron chi connectivity index (χ2n) is 6.65. The molecule has 1 aliphatic carbocycles. The summed E-state index contributed by atoms with van der Waals surface area (Å²) in [6.07, 6.45) is 2.35. The molecule has 0 bridgehead atoms. The first kappa shape index (κ1) is 14.2. The number of ether oxygens (including phenoxy) is 1. The fraction of sp³-hybridized carbons (Fsp3) is 0.857. The number of aliphatic carboxylic acids is 1. The average Bonchev–Trinajstić information content (AvgIpc) is 3.07. The molecule has 108 valence electrons. The second-order valence-corrected chi connectivity index (χ2v) is 6.65. The lowest BCUT2D eigenvalue weighted by Crippen LogP contribution is -2.42. The van der Waals surface area contributed by atoms with Crippen molar-refractivity contribution >= 4 is 12.1 Å². The standard InChI is InChI=1S/C14H23NO4/c1-14(2,3)19-13(18)15-6-4-9(5-7-15)10-8-11(10)12(16)17/h9-11H,4-8H2,1-3H3,(H,16,17). The van der Waals surface area contributed by atoms with E-state index in [9.17, 15) is 9.59 Å². The van der Waals surface area contributed by atoms with E-state index in [-0.39, 0.29) is 12.0 Å². The molecule has 1 N–H and O–H groups in total. The third-order valence-corrected chi connectivity index (χ3v) is 3.95. The summed E-state index contributed by atoms with van der Waals surface area (Å²) < 4.78 is 5.34. The number of carboxylic acids is 1. The highest BCUT2D eigenvalue weighted by Gasteiger charge is 2.48. The van der Waals surface area contributed by atoms with E-state index in [4.69, 9.17) is 9.84 Å². The van der Waals surface area contributed by atoms with Crippen LogP contribution in [-0.2, 0) is 9.53 Å². The molecular weight excluding hydrogens is 246 g/mol. The van der Waals surface area contributed by atoms with Crippen molar-refractivity contribution in [1.29, 1.82) is 0 Å². The van der Waals surface area contributed by atoms with Crippen molar-refractivity contribution < 1.29 is 19.4 Å². The lowest BCUT2D eigenvalue weighted by molar-refractivity contribution is -0.139. The molecule has 5 nitrogen and oxygen atoms in total. The summed E-state index contributed by atoms with van der Waals surface area (Å²) in [6, 6.07) is 0. The Morgan fingerprint density at radius 3 is 2.21 bits per heavy atom. The molecule has 2 aliphatic rings. The molecule has 2 fully saturated rings. The smallest absolute Gasteiger partial charge is 0.410 e. The molecule has 1 saturated carbocycles. The lowest BCUT2D eigenvalue weighted by Gasteiger charge is -2.33. The Bertz CT molecular complexity index is 366. The van der Waals surface area contributed by atoms with Crippen LogP contribution in [0.3, 0.4) is 0 Å². The van der Waals surface area contributed by atoms with E-state index in [0.29, 0.717) is 24.9 Å². The van der Waals surface area contributed by atoms with E-state index in [0.717, 1.165) is 19.3 Å². The Morgan fingerprint density at radius 2 is 1.79 bits per heavy atom. The molecule has 0 aromatic carbocycles. The van der Waals surface area contributed by atoms with Crippen molar-refractivity contribution in [3.63, 3.8) is 0 Å². The van der Waals surface area contributed by atoms with Crippen LogP contribution in [0.4, 0.5) is 4.79 Å². The number of likely N-dealkylation sites (tertiary alicyclic amines) is 1. The van der Waals surface area contributed by atoms with E-state index in [1.807, 2.05) is 20.8 Å². The second kappa shape index (κ2) is 5.02. The van der Waals surface area contributed by atoms with Gasteiger partial charge in [0, 0.05) is 13.1 Å². The molecule has 2 atom stereocenters. The van der Waals surface area contributed by atoms with Gasteiger partial charge in [0.15, 0.2) is 0 Å². The molecule has 1 saturated heterocycles. The van der Waals surface area contributed by atoms with Gasteiger partial charge < -0.3 is 14.7 Å². The maximum absolute atomic E-state index is 11.9. The van der Waals surface area contributed by atoms with Gasteiger partial charge in [0.25, 0.3) is 0 Å². The third kappa shape index (κ3) is 3.61. The zero-order chi connectivity index (χ0) is 14.2. The Hall–Kier alpha value is -1.26. The van der Waals surface area contributed by atoms with Gasteiger partial charge in [0.05, 0.1) is 5.92 Å². The lowest BCUT2D eigenvalue weighted by atomic mass is 9.91. The van der Waals surface area contributed by atoms with Crippen LogP contribution in [-0.4, -0.2) is 40.8 Å². The van der Waals surface area contributed by atoms with Gasteiger partial charge in [-0.2, -0.15) is 0 Å². The number of carbonyl (C=O) groups is 2. The van der Waals surface area contributed by atoms with Gasteiger partial charge in [-0.15, -0.1) is 0 Å². The van der Waals surface area contributed by atoms with Crippen LogP contribution < -0.4 is 0 Å². The van der Waals surface area contributed by atoms with Crippen molar-refractivity contribution in [3.8, 4) is 0 Å². The molecule has 0 aromatic heterocycles. The van der Waals surface area contributed by atoms with Gasteiger partial charge >= 0.3 is 12.1 Å². The Labute approximate surface area is 113 Å². The summed E-state index contributed by atoms with van der Waals surface area (Å²) >= 11 is 0. The summed E-state index contributed by atoms with van der Waals surface area (Å²) in [5.74, 6) is -0.0179. The summed E-state index contributed by atoms with van der Waals surface area (Å²) in [5, 5.41) is 8.94. The SMILES string of the molecule is CC(C)(C)OC(=O)N1CCC(C2CC2C(=O)O)CC1. The van der Waals surface area contributed by atoms with Crippen LogP contribution in [0.5, 0.6) is 0 Å². The molecule has 0 aromatic rings. The molecular formula is C14H23NO4. The van der Waals surface area contributed by atoms with Gasteiger partial charge in [0.1, 0.15) is 5.60 Å². The van der Waals surface area contributed by atoms with Gasteiger partial charge in [-0.3, -0.25) is 4.79 Å². The van der Waals surface area contributed by atoms with Crippen LogP contribution in [0.25, 0.3) is 0 Å². The highest BCUT2D eigenvalue weighted by atomic mass is 16.6. The minimum Gasteiger partial charge on any atom is -0.481 e. The van der Waals surface area contributed by atoms with Gasteiger partial charge in [-0.05, 0) is 51.9 Å². The van der Waals surface area contributed by atoms with Crippen LogP contribution in [0.2, 0.25) is 0 Å². The molecule has 5 heteroatoms. The van der Waals surface area contributed by atoms with Crippen molar-refractivity contribution in [1.82, 2.24) is 4.90 Å². The molecule has 0 radical (unpaired) electrons. The third-order valence-electron chi connectivity index (χ3n) is 3.95. The van der Waals surface area contributed by atoms with E-state index in [1.165, 1.54) is 0 Å². The number of amides is 1. The first-order valence-electron chi connectivity index (χ1n) is 6.98. The van der Waals surface area contributed by atoms with Crippen LogP contribution in [0, 0.1) is 17.8 Å². The minimum atomic E-state index is -0.667. The van der Waals surface area contributed by atoms with Crippen LogP contribution in [0.1, 0.15) is 40.0 Å². The van der Waals surface area contributed by atoms with Crippen molar-refractivity contribution in [3.05, 3.63) is 0 Å². The first-order chi connectivity index (χ1) is 8.78. The van der Waals surface area contributed by atoms with Gasteiger partial charge in [-0.1, -0.05) is 0 Å². The number of carbonyl (C=O) groups excluding carboxylic acids is 1. The number of rotatable bonds is 2. The van der Waals surface area contributed by atoms with Crippen LogP contribution >= 0.6 is 0 Å². The van der Waals surface area contributed by atoms with Gasteiger partial charge in [0.2, 0.25) is 0 Å². The minimum absolute atomic E-state index is 0.141. The van der Waals surface area contributed by atoms with Crippen LogP contribution in [0.15, 0.2) is 0 Å². The van der Waals surface area contributed by atoms with Crippen molar-refractivity contribution in [2.24, 2.45) is 17.8 Å². The number of hydrogen-bond acceptors (Lipinski definition) is 3. The molecule has 0 spiro atoms. The average molecular weight is 269 g/mol. The zero-order valence-electron chi connectivity index (χ0n) is 11.9. The molecule has 19 heavy (non-hydrogen) atoms. The Morgan fingerprint density at radius 1 is 1.21 bits per heavy atom. The summed E-state index contributed by atoms with van der Waals surface area (Å²) in [7, 11) is 0. The maximum Gasteiger partial charge on any atom is 0.410 e. The largest absolute Gasteiger partial charge is 0.481 e. The van der Waals surface area contributed by atoms with Crippen molar-refractivity contribution in [2.75, 3.05) is 13.1 Å². The van der Waals surface area contributed by atoms with E-state index < -0.39 is 11.6 Å². The maximum atomic E-state index is 11.9. The van der Waals surface area contributed by atoms with Gasteiger partial charge in [-0.25, -0.2) is 4.79 Å². The normalized spacial score (nSPS) is 28.1. The fourth-order valence-electron chi connectivity index (χ4n) is 2.86. The Balaban J connectivity index is 1.77. The van der Waals surface area contributed by atoms with E-state index in [2.05, 4.69) is 0 Å². The number of carboxylic acid groups (broad SMARTS) is 1. The van der Waals surface area contributed by atoms with Crippen molar-refractivity contribution in [2.45, 2.75) is 45.6 Å². The Kier molecular flexibility index (Phi) is 3.74. The summed E-state index contributed by atoms with van der Waals surface area (Å²) in [5.41, 5.74) is -0.459. The fourth-order valence-corrected chi connectivity index (χ4v) is 2.86. The predicted octanol–water partition coefficient (Wildman–Crippen LogP) is 2.35. The topological polar surface area (TPSA) is 66.8 Å². The zero-order valence-corrected chi connectivity index (χ0v) is 11.9. The monoisotopic (exact) mass is 269 g/mol. The van der Waals surface area contributed by atoms with E-state index in [1.54, 1.807) is 4.90 Å². The summed E-state index contributed by atoms with van der Waals surface area (Å²) in [4.78, 5) is 24.5. The first-order valence-corrected chi connectivity index (χ1v) is 6.98. The highest BCUT2D eigenvalue weighted by molar-refractivity contribution is 5.73. The van der Waals surface area contributed by atoms with E-state index >= 15 is 0 Å².